The molecule has 0 spiro atoms. The van der Waals surface area contributed by atoms with Gasteiger partial charge in [0.25, 0.3) is 5.91 Å². The number of nitrogens with zero attached hydrogens (tertiary/aromatic N) is 1. The molecule has 1 aliphatic heterocycles. The van der Waals surface area contributed by atoms with Gasteiger partial charge >= 0.3 is 0 Å². The molecule has 5 heteroatoms. The molecule has 98 valence electrons. The van der Waals surface area contributed by atoms with Gasteiger partial charge in [-0.3, -0.25) is 4.79 Å². The van der Waals surface area contributed by atoms with Gasteiger partial charge in [-0.1, -0.05) is 0 Å². The molecule has 0 radical (unpaired) electrons. The van der Waals surface area contributed by atoms with E-state index in [9.17, 15) is 4.79 Å². The molecule has 1 unspecified atom stereocenters. The van der Waals surface area contributed by atoms with Crippen LogP contribution in [0.1, 0.15) is 29.6 Å². The standard InChI is InChI=1S/C13H17IN2OS/c14-12-5-10(8-18-12)13(17)15-6-9-3-4-16(7-9)11-1-2-11/h5,8-9,11H,1-4,6-7H2,(H,15,17). The fraction of sp³-hybridized carbons (Fsp3) is 0.615. The third kappa shape index (κ3) is 3.05. The van der Waals surface area contributed by atoms with Gasteiger partial charge in [-0.25, -0.2) is 0 Å². The van der Waals surface area contributed by atoms with Crippen molar-refractivity contribution in [1.29, 1.82) is 0 Å². The highest BCUT2D eigenvalue weighted by Gasteiger charge is 2.34. The molecule has 3 rings (SSSR count). The molecule has 2 aliphatic rings. The zero-order chi connectivity index (χ0) is 12.5. The van der Waals surface area contributed by atoms with Crippen molar-refractivity contribution < 1.29 is 4.79 Å². The topological polar surface area (TPSA) is 32.3 Å². The summed E-state index contributed by atoms with van der Waals surface area (Å²) < 4.78 is 1.17. The van der Waals surface area contributed by atoms with E-state index in [1.165, 1.54) is 35.2 Å². The van der Waals surface area contributed by atoms with Crippen molar-refractivity contribution >= 4 is 39.8 Å². The first kappa shape index (κ1) is 12.9. The van der Waals surface area contributed by atoms with Crippen molar-refractivity contribution in [2.24, 2.45) is 5.92 Å². The van der Waals surface area contributed by atoms with Crippen molar-refractivity contribution in [3.63, 3.8) is 0 Å². The first-order valence-electron chi connectivity index (χ1n) is 6.48. The van der Waals surface area contributed by atoms with Crippen LogP contribution in [-0.2, 0) is 0 Å². The molecule has 1 aromatic heterocycles. The van der Waals surface area contributed by atoms with E-state index in [1.54, 1.807) is 11.3 Å². The largest absolute Gasteiger partial charge is 0.352 e. The van der Waals surface area contributed by atoms with Crippen LogP contribution in [0.4, 0.5) is 0 Å². The van der Waals surface area contributed by atoms with E-state index >= 15 is 0 Å². The molecule has 1 N–H and O–H groups in total. The Labute approximate surface area is 125 Å². The molecule has 0 aromatic carbocycles. The molecule has 1 aliphatic carbocycles. The van der Waals surface area contributed by atoms with Gasteiger partial charge in [0.2, 0.25) is 0 Å². The zero-order valence-corrected chi connectivity index (χ0v) is 13.2. The molecule has 3 nitrogen and oxygen atoms in total. The van der Waals surface area contributed by atoms with Crippen molar-refractivity contribution in [2.45, 2.75) is 25.3 Å². The molecule has 0 bridgehead atoms. The summed E-state index contributed by atoms with van der Waals surface area (Å²) in [5.41, 5.74) is 0.807. The molecule has 1 atom stereocenters. The quantitative estimate of drug-likeness (QED) is 0.820. The second-order valence-electron chi connectivity index (χ2n) is 5.23. The molecule has 1 amide bonds. The van der Waals surface area contributed by atoms with E-state index in [4.69, 9.17) is 0 Å². The Kier molecular flexibility index (Phi) is 3.91. The number of likely N-dealkylation sites (tertiary alicyclic amines) is 1. The van der Waals surface area contributed by atoms with Gasteiger partial charge in [-0.05, 0) is 60.4 Å². The van der Waals surface area contributed by atoms with E-state index in [0.29, 0.717) is 5.92 Å². The van der Waals surface area contributed by atoms with Gasteiger partial charge in [-0.2, -0.15) is 0 Å². The summed E-state index contributed by atoms with van der Waals surface area (Å²) >= 11 is 3.87. The smallest absolute Gasteiger partial charge is 0.252 e. The van der Waals surface area contributed by atoms with Gasteiger partial charge in [0.15, 0.2) is 0 Å². The van der Waals surface area contributed by atoms with Crippen LogP contribution in [-0.4, -0.2) is 36.5 Å². The van der Waals surface area contributed by atoms with Crippen molar-refractivity contribution in [2.75, 3.05) is 19.6 Å². The van der Waals surface area contributed by atoms with Gasteiger partial charge in [0.05, 0.1) is 8.45 Å². The van der Waals surface area contributed by atoms with Gasteiger partial charge in [-0.15, -0.1) is 11.3 Å². The normalized spacial score (nSPS) is 24.4. The monoisotopic (exact) mass is 376 g/mol. The predicted molar refractivity (Wildman–Crippen MR) is 82.1 cm³/mol. The molecule has 1 aromatic rings. The van der Waals surface area contributed by atoms with E-state index < -0.39 is 0 Å². The number of rotatable bonds is 4. The summed E-state index contributed by atoms with van der Waals surface area (Å²) in [7, 11) is 0. The van der Waals surface area contributed by atoms with Crippen molar-refractivity contribution in [3.8, 4) is 0 Å². The summed E-state index contributed by atoms with van der Waals surface area (Å²) in [5, 5.41) is 5.00. The van der Waals surface area contributed by atoms with Crippen LogP contribution in [0.2, 0.25) is 0 Å². The third-order valence-electron chi connectivity index (χ3n) is 3.76. The summed E-state index contributed by atoms with van der Waals surface area (Å²) in [6.45, 7) is 3.22. The Hall–Kier alpha value is -0.140. The Bertz CT molecular complexity index is 444. The lowest BCUT2D eigenvalue weighted by atomic mass is 10.1. The average molecular weight is 376 g/mol. The summed E-state index contributed by atoms with van der Waals surface area (Å²) in [5.74, 6) is 0.728. The maximum Gasteiger partial charge on any atom is 0.252 e. The molecule has 1 saturated heterocycles. The van der Waals surface area contributed by atoms with Gasteiger partial charge < -0.3 is 10.2 Å². The fourth-order valence-corrected chi connectivity index (χ4v) is 3.90. The fourth-order valence-electron chi connectivity index (χ4n) is 2.57. The number of nitrogens with one attached hydrogen (secondary N) is 1. The first-order valence-corrected chi connectivity index (χ1v) is 8.44. The highest BCUT2D eigenvalue weighted by Crippen LogP contribution is 2.31. The minimum Gasteiger partial charge on any atom is -0.352 e. The highest BCUT2D eigenvalue weighted by molar-refractivity contribution is 14.1. The third-order valence-corrected chi connectivity index (χ3v) is 5.55. The average Bonchev–Trinajstić information content (AvgIpc) is 2.95. The number of hydrogen-bond acceptors (Lipinski definition) is 3. The van der Waals surface area contributed by atoms with Crippen LogP contribution in [0.3, 0.4) is 0 Å². The Morgan fingerprint density at radius 3 is 3.00 bits per heavy atom. The van der Waals surface area contributed by atoms with Crippen LogP contribution in [0.15, 0.2) is 11.4 Å². The van der Waals surface area contributed by atoms with Crippen LogP contribution in [0.5, 0.6) is 0 Å². The maximum absolute atomic E-state index is 11.9. The van der Waals surface area contributed by atoms with Crippen LogP contribution >= 0.6 is 33.9 Å². The van der Waals surface area contributed by atoms with Gasteiger partial charge in [0, 0.05) is 24.5 Å². The molecule has 18 heavy (non-hydrogen) atoms. The number of carbonyl (C=O) groups is 1. The van der Waals surface area contributed by atoms with E-state index in [-0.39, 0.29) is 5.91 Å². The Balaban J connectivity index is 1.45. The zero-order valence-electron chi connectivity index (χ0n) is 10.2. The lowest BCUT2D eigenvalue weighted by molar-refractivity contribution is 0.0948. The van der Waals surface area contributed by atoms with Crippen molar-refractivity contribution in [1.82, 2.24) is 10.2 Å². The van der Waals surface area contributed by atoms with Gasteiger partial charge in [0.1, 0.15) is 0 Å². The SMILES string of the molecule is O=C(NCC1CCN(C2CC2)C1)c1csc(I)c1. The second kappa shape index (κ2) is 5.46. The second-order valence-corrected chi connectivity index (χ2v) is 8.04. The number of thiophene rings is 1. The highest BCUT2D eigenvalue weighted by atomic mass is 127. The van der Waals surface area contributed by atoms with Crippen LogP contribution in [0, 0.1) is 8.80 Å². The Morgan fingerprint density at radius 2 is 2.33 bits per heavy atom. The first-order chi connectivity index (χ1) is 8.72. The summed E-state index contributed by atoms with van der Waals surface area (Å²) in [6.07, 6.45) is 4.00. The predicted octanol–water partition coefficient (Wildman–Crippen LogP) is 2.57. The summed E-state index contributed by atoms with van der Waals surface area (Å²) in [6, 6.07) is 2.82. The van der Waals surface area contributed by atoms with Crippen LogP contribution < -0.4 is 5.32 Å². The molecular weight excluding hydrogens is 359 g/mol. The Morgan fingerprint density at radius 1 is 1.50 bits per heavy atom. The number of hydrogen-bond donors (Lipinski definition) is 1. The maximum atomic E-state index is 11.9. The van der Waals surface area contributed by atoms with E-state index in [2.05, 4.69) is 32.8 Å². The number of amides is 1. The molecule has 2 fully saturated rings. The van der Waals surface area contributed by atoms with Crippen molar-refractivity contribution in [3.05, 3.63) is 19.9 Å². The molecule has 1 saturated carbocycles. The number of halogens is 1. The minimum atomic E-state index is 0.0824. The lowest BCUT2D eigenvalue weighted by Gasteiger charge is -2.14. The van der Waals surface area contributed by atoms with Crippen LogP contribution in [0.25, 0.3) is 0 Å². The molecular formula is C13H17IN2OS. The minimum absolute atomic E-state index is 0.0824. The van der Waals surface area contributed by atoms with E-state index in [0.717, 1.165) is 18.2 Å². The molecule has 2 heterocycles. The summed E-state index contributed by atoms with van der Waals surface area (Å²) in [4.78, 5) is 14.5. The number of carbonyl (C=O) groups excluding carboxylic acids is 1. The van der Waals surface area contributed by atoms with E-state index in [1.807, 2.05) is 11.4 Å². The lowest BCUT2D eigenvalue weighted by Crippen LogP contribution is -2.31.